The number of ether oxygens (including phenoxy) is 4. The normalized spacial score (nSPS) is 11.4. The van der Waals surface area contributed by atoms with Gasteiger partial charge < -0.3 is 24.3 Å². The van der Waals surface area contributed by atoms with Crippen LogP contribution in [-0.2, 0) is 11.3 Å². The number of nitrogens with one attached hydrogen (secondary N) is 1. The molecule has 0 aliphatic carbocycles. The van der Waals surface area contributed by atoms with Gasteiger partial charge in [0.25, 0.3) is 5.91 Å². The van der Waals surface area contributed by atoms with Crippen LogP contribution < -0.4 is 24.3 Å². The first kappa shape index (κ1) is 20.4. The highest BCUT2D eigenvalue weighted by atomic mass is 16.5. The Morgan fingerprint density at radius 2 is 1.63 bits per heavy atom. The van der Waals surface area contributed by atoms with Crippen LogP contribution in [0.25, 0.3) is 0 Å². The van der Waals surface area contributed by atoms with Crippen LogP contribution in [0.2, 0.25) is 0 Å². The molecule has 0 heterocycles. The predicted octanol–water partition coefficient (Wildman–Crippen LogP) is 3.58. The lowest BCUT2D eigenvalue weighted by atomic mass is 10.2. The van der Waals surface area contributed by atoms with Gasteiger partial charge in [-0.15, -0.1) is 0 Å². The van der Waals surface area contributed by atoms with Crippen molar-refractivity contribution in [3.63, 3.8) is 0 Å². The molecule has 0 spiro atoms. The SMILES string of the molecule is CCOc1ccc(CNC(=O)C(C)Oc2ccccc2OC)cc1OCC. The minimum Gasteiger partial charge on any atom is -0.493 e. The van der Waals surface area contributed by atoms with E-state index in [-0.39, 0.29) is 5.91 Å². The summed E-state index contributed by atoms with van der Waals surface area (Å²) >= 11 is 0. The molecule has 2 aromatic rings. The summed E-state index contributed by atoms with van der Waals surface area (Å²) in [7, 11) is 1.56. The zero-order valence-electron chi connectivity index (χ0n) is 16.3. The molecule has 0 aromatic heterocycles. The maximum atomic E-state index is 12.4. The van der Waals surface area contributed by atoms with Crippen molar-refractivity contribution in [1.29, 1.82) is 0 Å². The molecule has 2 rings (SSSR count). The summed E-state index contributed by atoms with van der Waals surface area (Å²) in [5.41, 5.74) is 0.916. The van der Waals surface area contributed by atoms with Gasteiger partial charge in [0.1, 0.15) is 0 Å². The fourth-order valence-corrected chi connectivity index (χ4v) is 2.50. The van der Waals surface area contributed by atoms with Crippen LogP contribution in [0.5, 0.6) is 23.0 Å². The van der Waals surface area contributed by atoms with Crippen LogP contribution in [0.3, 0.4) is 0 Å². The summed E-state index contributed by atoms with van der Waals surface area (Å²) < 4.78 is 22.1. The summed E-state index contributed by atoms with van der Waals surface area (Å²) in [5, 5.41) is 2.88. The maximum Gasteiger partial charge on any atom is 0.261 e. The van der Waals surface area contributed by atoms with Crippen molar-refractivity contribution >= 4 is 5.91 Å². The van der Waals surface area contributed by atoms with Crippen molar-refractivity contribution in [2.45, 2.75) is 33.4 Å². The molecule has 6 nitrogen and oxygen atoms in total. The number of amides is 1. The van der Waals surface area contributed by atoms with Crippen LogP contribution in [0.15, 0.2) is 42.5 Å². The number of rotatable bonds is 10. The van der Waals surface area contributed by atoms with Gasteiger partial charge in [-0.25, -0.2) is 0 Å². The molecule has 1 N–H and O–H groups in total. The zero-order valence-corrected chi connectivity index (χ0v) is 16.3. The van der Waals surface area contributed by atoms with Gasteiger partial charge in [0.05, 0.1) is 20.3 Å². The second-order valence-electron chi connectivity index (χ2n) is 5.78. The van der Waals surface area contributed by atoms with Crippen LogP contribution in [0.1, 0.15) is 26.3 Å². The standard InChI is InChI=1S/C21H27NO5/c1-5-25-18-12-11-16(13-20(18)26-6-2)14-22-21(23)15(3)27-19-10-8-7-9-17(19)24-4/h7-13,15H,5-6,14H2,1-4H3,(H,22,23). The number of benzene rings is 2. The number of para-hydroxylation sites is 2. The van der Waals surface area contributed by atoms with Gasteiger partial charge in [0, 0.05) is 6.54 Å². The lowest BCUT2D eigenvalue weighted by Gasteiger charge is -2.17. The van der Waals surface area contributed by atoms with Crippen LogP contribution >= 0.6 is 0 Å². The Balaban J connectivity index is 1.97. The molecule has 1 amide bonds. The average Bonchev–Trinajstić information content (AvgIpc) is 2.68. The van der Waals surface area contributed by atoms with E-state index in [0.29, 0.717) is 42.8 Å². The molecule has 0 saturated carbocycles. The van der Waals surface area contributed by atoms with Crippen molar-refractivity contribution in [3.05, 3.63) is 48.0 Å². The summed E-state index contributed by atoms with van der Waals surface area (Å²) in [6.45, 7) is 7.01. The molecule has 0 bridgehead atoms. The second kappa shape index (κ2) is 10.3. The fraction of sp³-hybridized carbons (Fsp3) is 0.381. The Kier molecular flexibility index (Phi) is 7.79. The van der Waals surface area contributed by atoms with Crippen molar-refractivity contribution in [2.75, 3.05) is 20.3 Å². The number of hydrogen-bond acceptors (Lipinski definition) is 5. The van der Waals surface area contributed by atoms with Crippen LogP contribution in [0, 0.1) is 0 Å². The predicted molar refractivity (Wildman–Crippen MR) is 104 cm³/mol. The van der Waals surface area contributed by atoms with Crippen molar-refractivity contribution in [2.24, 2.45) is 0 Å². The lowest BCUT2D eigenvalue weighted by molar-refractivity contribution is -0.127. The van der Waals surface area contributed by atoms with Gasteiger partial charge in [-0.2, -0.15) is 0 Å². The van der Waals surface area contributed by atoms with Gasteiger partial charge in [-0.1, -0.05) is 18.2 Å². The zero-order chi connectivity index (χ0) is 19.6. The summed E-state index contributed by atoms with van der Waals surface area (Å²) in [6, 6.07) is 12.9. The second-order valence-corrected chi connectivity index (χ2v) is 5.78. The maximum absolute atomic E-state index is 12.4. The molecule has 1 atom stereocenters. The highest BCUT2D eigenvalue weighted by Gasteiger charge is 2.16. The molecule has 1 unspecified atom stereocenters. The summed E-state index contributed by atoms with van der Waals surface area (Å²) in [5.74, 6) is 2.27. The summed E-state index contributed by atoms with van der Waals surface area (Å²) in [6.07, 6.45) is -0.657. The van der Waals surface area contributed by atoms with Crippen molar-refractivity contribution in [1.82, 2.24) is 5.32 Å². The van der Waals surface area contributed by atoms with E-state index in [1.807, 2.05) is 44.2 Å². The molecule has 2 aromatic carbocycles. The van der Waals surface area contributed by atoms with E-state index in [9.17, 15) is 4.79 Å². The Labute approximate surface area is 160 Å². The van der Waals surface area contributed by atoms with E-state index in [4.69, 9.17) is 18.9 Å². The highest BCUT2D eigenvalue weighted by Crippen LogP contribution is 2.29. The molecule has 0 aliphatic rings. The highest BCUT2D eigenvalue weighted by molar-refractivity contribution is 5.80. The van der Waals surface area contributed by atoms with Crippen molar-refractivity contribution < 1.29 is 23.7 Å². The molecule has 0 saturated heterocycles. The quantitative estimate of drug-likeness (QED) is 0.690. The Morgan fingerprint density at radius 1 is 0.963 bits per heavy atom. The van der Waals surface area contributed by atoms with E-state index in [2.05, 4.69) is 5.32 Å². The number of hydrogen-bond donors (Lipinski definition) is 1. The van der Waals surface area contributed by atoms with Gasteiger partial charge in [0.2, 0.25) is 0 Å². The summed E-state index contributed by atoms with van der Waals surface area (Å²) in [4.78, 5) is 12.4. The van der Waals surface area contributed by atoms with Crippen molar-refractivity contribution in [3.8, 4) is 23.0 Å². The molecular formula is C21H27NO5. The Bertz CT molecular complexity index is 747. The molecular weight excluding hydrogens is 346 g/mol. The number of carbonyl (C=O) groups excluding carboxylic acids is 1. The monoisotopic (exact) mass is 373 g/mol. The third-order valence-corrected chi connectivity index (χ3v) is 3.82. The first-order valence-electron chi connectivity index (χ1n) is 9.04. The van der Waals surface area contributed by atoms with E-state index in [1.54, 1.807) is 26.2 Å². The molecule has 27 heavy (non-hydrogen) atoms. The topological polar surface area (TPSA) is 66.0 Å². The third kappa shape index (κ3) is 5.81. The fourth-order valence-electron chi connectivity index (χ4n) is 2.50. The first-order chi connectivity index (χ1) is 13.1. The van der Waals surface area contributed by atoms with Crippen LogP contribution in [-0.4, -0.2) is 32.3 Å². The average molecular weight is 373 g/mol. The minimum atomic E-state index is -0.657. The number of methoxy groups -OCH3 is 1. The van der Waals surface area contributed by atoms with E-state index in [1.165, 1.54) is 0 Å². The molecule has 146 valence electrons. The van der Waals surface area contributed by atoms with Gasteiger partial charge in [-0.3, -0.25) is 4.79 Å². The van der Waals surface area contributed by atoms with Gasteiger partial charge in [0.15, 0.2) is 29.1 Å². The Hall–Kier alpha value is -2.89. The molecule has 0 radical (unpaired) electrons. The molecule has 0 fully saturated rings. The van der Waals surface area contributed by atoms with E-state index in [0.717, 1.165) is 5.56 Å². The lowest BCUT2D eigenvalue weighted by Crippen LogP contribution is -2.36. The molecule has 0 aliphatic heterocycles. The number of carbonyl (C=O) groups is 1. The Morgan fingerprint density at radius 3 is 2.30 bits per heavy atom. The largest absolute Gasteiger partial charge is 0.493 e. The third-order valence-electron chi connectivity index (χ3n) is 3.82. The van der Waals surface area contributed by atoms with E-state index < -0.39 is 6.10 Å². The molecule has 6 heteroatoms. The van der Waals surface area contributed by atoms with Crippen LogP contribution in [0.4, 0.5) is 0 Å². The minimum absolute atomic E-state index is 0.215. The smallest absolute Gasteiger partial charge is 0.261 e. The van der Waals surface area contributed by atoms with E-state index >= 15 is 0 Å². The van der Waals surface area contributed by atoms with Gasteiger partial charge in [-0.05, 0) is 50.6 Å². The van der Waals surface area contributed by atoms with Gasteiger partial charge >= 0.3 is 0 Å². The first-order valence-corrected chi connectivity index (χ1v) is 9.04.